The Morgan fingerprint density at radius 2 is 1.45 bits per heavy atom. The van der Waals surface area contributed by atoms with Crippen LogP contribution >= 0.6 is 0 Å². The number of fused-ring (bicyclic) bond motifs is 2. The van der Waals surface area contributed by atoms with Crippen molar-refractivity contribution in [3.8, 4) is 0 Å². The lowest BCUT2D eigenvalue weighted by Crippen LogP contribution is -2.04. The number of H-pyrrole nitrogens is 1. The number of pyridine rings is 1. The minimum absolute atomic E-state index is 1.19. The number of hydrogen-bond acceptors (Lipinski definition) is 2. The third-order valence-corrected chi connectivity index (χ3v) is 2.99. The molecule has 98 valence electrons. The minimum Gasteiger partial charge on any atom is -0.391 e. The van der Waals surface area contributed by atoms with Crippen LogP contribution in [-0.4, -0.2) is 0 Å². The lowest BCUT2D eigenvalue weighted by Gasteiger charge is -1.97. The van der Waals surface area contributed by atoms with E-state index in [0.29, 0.717) is 0 Å². The summed E-state index contributed by atoms with van der Waals surface area (Å²) in [4.78, 5) is 7.96. The van der Waals surface area contributed by atoms with Crippen molar-refractivity contribution in [1.82, 2.24) is 5.48 Å². The summed E-state index contributed by atoms with van der Waals surface area (Å²) in [6, 6.07) is 18.9. The van der Waals surface area contributed by atoms with E-state index in [1.807, 2.05) is 18.2 Å². The highest BCUT2D eigenvalue weighted by atomic mass is 16.6. The van der Waals surface area contributed by atoms with Crippen LogP contribution in [0.1, 0.15) is 0 Å². The first kappa shape index (κ1) is 12.2. The monoisotopic (exact) mass is 263 g/mol. The van der Waals surface area contributed by atoms with Crippen molar-refractivity contribution in [2.45, 2.75) is 0 Å². The van der Waals surface area contributed by atoms with Gasteiger partial charge in [0.05, 0.1) is 0 Å². The van der Waals surface area contributed by atoms with Gasteiger partial charge in [-0.25, -0.2) is 10.5 Å². The Morgan fingerprint density at radius 3 is 1.90 bits per heavy atom. The molecule has 0 radical (unpaired) electrons. The van der Waals surface area contributed by atoms with Crippen LogP contribution in [-0.2, 0) is 4.84 Å². The summed E-state index contributed by atoms with van der Waals surface area (Å²) < 4.78 is 0. The number of allylic oxidation sites excluding steroid dienone is 2. The minimum atomic E-state index is 1.19. The lowest BCUT2D eigenvalue weighted by molar-refractivity contribution is -0.310. The van der Waals surface area contributed by atoms with Crippen LogP contribution in [0.2, 0.25) is 0 Å². The molecule has 0 bridgehead atoms. The number of para-hydroxylation sites is 2. The molecular weight excluding hydrogens is 248 g/mol. The highest BCUT2D eigenvalue weighted by Gasteiger charge is 2.03. The van der Waals surface area contributed by atoms with Crippen LogP contribution in [0.3, 0.4) is 0 Å². The Bertz CT molecular complexity index is 661. The van der Waals surface area contributed by atoms with E-state index in [1.165, 1.54) is 21.8 Å². The van der Waals surface area contributed by atoms with Gasteiger partial charge in [0, 0.05) is 29.1 Å². The summed E-state index contributed by atoms with van der Waals surface area (Å²) in [5, 5.41) is 2.51. The first-order valence-corrected chi connectivity index (χ1v) is 6.46. The molecule has 0 unspecified atom stereocenters. The Labute approximate surface area is 117 Å². The number of rotatable bonds is 0. The quantitative estimate of drug-likeness (QED) is 0.631. The molecule has 4 rings (SSSR count). The molecule has 0 aliphatic carbocycles. The van der Waals surface area contributed by atoms with Crippen molar-refractivity contribution >= 4 is 21.8 Å². The average molecular weight is 263 g/mol. The Kier molecular flexibility index (Phi) is 3.60. The summed E-state index contributed by atoms with van der Waals surface area (Å²) in [5.74, 6) is 0. The summed E-state index contributed by atoms with van der Waals surface area (Å²) in [6.45, 7) is 0. The average Bonchev–Trinajstić information content (AvgIpc) is 2.55. The van der Waals surface area contributed by atoms with Crippen LogP contribution < -0.4 is 10.5 Å². The Balaban J connectivity index is 0.000000170. The number of hydrogen-bond donors (Lipinski definition) is 1. The van der Waals surface area contributed by atoms with Crippen molar-refractivity contribution in [3.63, 3.8) is 0 Å². The number of hydroxylamine groups is 1. The van der Waals surface area contributed by atoms with E-state index in [0.717, 1.165) is 0 Å². The summed E-state index contributed by atoms with van der Waals surface area (Å²) in [7, 11) is 0. The smallest absolute Gasteiger partial charge is 0.211 e. The second kappa shape index (κ2) is 5.89. The van der Waals surface area contributed by atoms with Crippen LogP contribution in [0.4, 0.5) is 0 Å². The molecule has 1 aromatic heterocycles. The molecule has 1 aliphatic rings. The zero-order valence-corrected chi connectivity index (χ0v) is 10.9. The SMILES string of the molecule is C1=CNOC=C1.c1ccc2[nH+]c3ccccc3cc2c1. The topological polar surface area (TPSA) is 35.4 Å². The van der Waals surface area contributed by atoms with E-state index in [9.17, 15) is 0 Å². The summed E-state index contributed by atoms with van der Waals surface area (Å²) in [5.41, 5.74) is 4.89. The molecule has 0 atom stereocenters. The number of aromatic amines is 1. The summed E-state index contributed by atoms with van der Waals surface area (Å²) in [6.07, 6.45) is 6.93. The molecule has 2 heterocycles. The van der Waals surface area contributed by atoms with Crippen LogP contribution in [0.15, 0.2) is 79.2 Å². The van der Waals surface area contributed by atoms with Gasteiger partial charge in [-0.3, -0.25) is 0 Å². The van der Waals surface area contributed by atoms with E-state index >= 15 is 0 Å². The van der Waals surface area contributed by atoms with Crippen molar-refractivity contribution in [1.29, 1.82) is 0 Å². The molecule has 0 fully saturated rings. The van der Waals surface area contributed by atoms with Gasteiger partial charge in [0.25, 0.3) is 0 Å². The van der Waals surface area contributed by atoms with E-state index < -0.39 is 0 Å². The summed E-state index contributed by atoms with van der Waals surface area (Å²) >= 11 is 0. The second-order valence-electron chi connectivity index (χ2n) is 4.37. The number of benzene rings is 2. The first-order chi connectivity index (χ1) is 9.93. The second-order valence-corrected chi connectivity index (χ2v) is 4.37. The molecule has 0 amide bonds. The Hall–Kier alpha value is -2.81. The molecule has 3 heteroatoms. The molecular formula is C17H15N2O+. The highest BCUT2D eigenvalue weighted by Crippen LogP contribution is 2.15. The number of nitrogens with one attached hydrogen (secondary N) is 2. The van der Waals surface area contributed by atoms with E-state index in [2.05, 4.69) is 57.8 Å². The third kappa shape index (κ3) is 2.78. The van der Waals surface area contributed by atoms with Crippen LogP contribution in [0.25, 0.3) is 21.8 Å². The van der Waals surface area contributed by atoms with Gasteiger partial charge in [-0.1, -0.05) is 24.3 Å². The number of aromatic nitrogens is 1. The van der Waals surface area contributed by atoms with E-state index in [4.69, 9.17) is 0 Å². The molecule has 3 nitrogen and oxygen atoms in total. The maximum Gasteiger partial charge on any atom is 0.211 e. The first-order valence-electron chi connectivity index (χ1n) is 6.46. The zero-order chi connectivity index (χ0) is 13.6. The van der Waals surface area contributed by atoms with Crippen molar-refractivity contribution in [2.75, 3.05) is 0 Å². The van der Waals surface area contributed by atoms with Gasteiger partial charge >= 0.3 is 0 Å². The van der Waals surface area contributed by atoms with Gasteiger partial charge in [-0.2, -0.15) is 0 Å². The predicted molar refractivity (Wildman–Crippen MR) is 80.5 cm³/mol. The van der Waals surface area contributed by atoms with Gasteiger partial charge in [0.15, 0.2) is 0 Å². The van der Waals surface area contributed by atoms with Crippen molar-refractivity contribution in [3.05, 3.63) is 79.2 Å². The van der Waals surface area contributed by atoms with Crippen LogP contribution in [0, 0.1) is 0 Å². The molecule has 0 spiro atoms. The lowest BCUT2D eigenvalue weighted by atomic mass is 10.1. The predicted octanol–water partition coefficient (Wildman–Crippen LogP) is 3.36. The molecule has 1 aliphatic heterocycles. The van der Waals surface area contributed by atoms with Gasteiger partial charge in [-0.15, -0.1) is 0 Å². The standard InChI is InChI=1S/C13H9N.C4H5NO/c1-3-7-12-10(5-1)9-11-6-2-4-8-13(11)14-12;1-2-4-6-5-3-1/h1-9H;1-5H/p+1. The van der Waals surface area contributed by atoms with Crippen molar-refractivity contribution < 1.29 is 9.82 Å². The molecule has 0 saturated carbocycles. The molecule has 2 aromatic carbocycles. The van der Waals surface area contributed by atoms with Gasteiger partial charge in [0.2, 0.25) is 11.0 Å². The molecule has 0 saturated heterocycles. The Morgan fingerprint density at radius 1 is 0.800 bits per heavy atom. The zero-order valence-electron chi connectivity index (χ0n) is 10.9. The normalized spacial score (nSPS) is 12.4. The van der Waals surface area contributed by atoms with Gasteiger partial charge < -0.3 is 4.84 Å². The van der Waals surface area contributed by atoms with Crippen LogP contribution in [0.5, 0.6) is 0 Å². The molecule has 20 heavy (non-hydrogen) atoms. The van der Waals surface area contributed by atoms with Gasteiger partial charge in [-0.05, 0) is 30.4 Å². The molecule has 2 N–H and O–H groups in total. The van der Waals surface area contributed by atoms with Gasteiger partial charge in [0.1, 0.15) is 6.26 Å². The fourth-order valence-electron chi connectivity index (χ4n) is 2.04. The maximum atomic E-state index is 4.55. The van der Waals surface area contributed by atoms with E-state index in [-0.39, 0.29) is 0 Å². The fraction of sp³-hybridized carbons (Fsp3) is 0. The maximum absolute atomic E-state index is 4.55. The highest BCUT2D eigenvalue weighted by molar-refractivity contribution is 5.87. The molecule has 3 aromatic rings. The van der Waals surface area contributed by atoms with Crippen molar-refractivity contribution in [2.24, 2.45) is 0 Å². The third-order valence-electron chi connectivity index (χ3n) is 2.99. The van der Waals surface area contributed by atoms with E-state index in [1.54, 1.807) is 18.5 Å². The fourth-order valence-corrected chi connectivity index (χ4v) is 2.04. The largest absolute Gasteiger partial charge is 0.391 e.